The molecule has 186 valence electrons. The van der Waals surface area contributed by atoms with Gasteiger partial charge >= 0.3 is 0 Å². The highest BCUT2D eigenvalue weighted by Crippen LogP contribution is 2.27. The van der Waals surface area contributed by atoms with E-state index in [1.807, 2.05) is 45.0 Å². The van der Waals surface area contributed by atoms with Crippen molar-refractivity contribution in [2.24, 2.45) is 5.92 Å². The molecule has 3 aromatic rings. The van der Waals surface area contributed by atoms with Crippen molar-refractivity contribution >= 4 is 21.6 Å². The van der Waals surface area contributed by atoms with Crippen LogP contribution in [-0.2, 0) is 14.8 Å². The van der Waals surface area contributed by atoms with Gasteiger partial charge in [0.05, 0.1) is 23.7 Å². The fraction of sp³-hybridized carbons (Fsp3) is 0.296. The molecule has 0 fully saturated rings. The first-order valence-electron chi connectivity index (χ1n) is 11.4. The third-order valence-electron chi connectivity index (χ3n) is 5.58. The largest absolute Gasteiger partial charge is 0.497 e. The van der Waals surface area contributed by atoms with Gasteiger partial charge in [0.2, 0.25) is 5.91 Å². The van der Waals surface area contributed by atoms with Crippen molar-refractivity contribution < 1.29 is 22.3 Å². The standard InChI is InChI=1S/C27H31FN2O4S/c1-19(2)17-25(21-11-13-22(34-4)14-12-21)29-27(31)18-30(26-8-6-5-7-24(26)28)35(32,33)23-15-9-20(3)10-16-23/h5-16,19,25H,17-18H2,1-4H3,(H,29,31). The molecule has 3 rings (SSSR count). The smallest absolute Gasteiger partial charge is 0.264 e. The molecule has 0 bridgehead atoms. The van der Waals surface area contributed by atoms with Crippen LogP contribution in [0.15, 0.2) is 77.7 Å². The number of ether oxygens (including phenoxy) is 1. The number of nitrogens with one attached hydrogen (secondary N) is 1. The van der Waals surface area contributed by atoms with E-state index in [-0.39, 0.29) is 22.5 Å². The molecular weight excluding hydrogens is 467 g/mol. The molecule has 0 aliphatic carbocycles. The molecule has 0 saturated heterocycles. The van der Waals surface area contributed by atoms with E-state index in [1.165, 1.54) is 36.4 Å². The van der Waals surface area contributed by atoms with Gasteiger partial charge in [-0.15, -0.1) is 0 Å². The summed E-state index contributed by atoms with van der Waals surface area (Å²) in [5, 5.41) is 2.95. The van der Waals surface area contributed by atoms with Crippen molar-refractivity contribution in [3.8, 4) is 5.75 Å². The molecule has 1 N–H and O–H groups in total. The Hall–Kier alpha value is -3.39. The Morgan fingerprint density at radius 2 is 1.63 bits per heavy atom. The van der Waals surface area contributed by atoms with Gasteiger partial charge in [0, 0.05) is 0 Å². The van der Waals surface area contributed by atoms with Crippen LogP contribution >= 0.6 is 0 Å². The fourth-order valence-electron chi connectivity index (χ4n) is 3.75. The topological polar surface area (TPSA) is 75.7 Å². The summed E-state index contributed by atoms with van der Waals surface area (Å²) < 4.78 is 47.8. The van der Waals surface area contributed by atoms with Crippen LogP contribution in [0.3, 0.4) is 0 Å². The Morgan fingerprint density at radius 3 is 2.20 bits per heavy atom. The quantitative estimate of drug-likeness (QED) is 0.415. The number of sulfonamides is 1. The number of methoxy groups -OCH3 is 1. The summed E-state index contributed by atoms with van der Waals surface area (Å²) in [5.74, 6) is -0.310. The molecule has 35 heavy (non-hydrogen) atoms. The molecule has 1 unspecified atom stereocenters. The van der Waals surface area contributed by atoms with E-state index in [0.29, 0.717) is 12.2 Å². The van der Waals surface area contributed by atoms with Crippen LogP contribution in [0.5, 0.6) is 5.75 Å². The molecule has 0 spiro atoms. The van der Waals surface area contributed by atoms with Crippen LogP contribution in [0.1, 0.15) is 37.4 Å². The van der Waals surface area contributed by atoms with Gasteiger partial charge < -0.3 is 10.1 Å². The number of anilines is 1. The Bertz CT molecular complexity index is 1240. The number of carbonyl (C=O) groups is 1. The van der Waals surface area contributed by atoms with Gasteiger partial charge in [0.15, 0.2) is 0 Å². The fourth-order valence-corrected chi connectivity index (χ4v) is 5.18. The lowest BCUT2D eigenvalue weighted by Crippen LogP contribution is -2.42. The Balaban J connectivity index is 1.93. The van der Waals surface area contributed by atoms with Crippen molar-refractivity contribution in [1.82, 2.24) is 5.32 Å². The molecule has 0 radical (unpaired) electrons. The third kappa shape index (κ3) is 6.60. The zero-order valence-electron chi connectivity index (χ0n) is 20.4. The molecule has 0 aliphatic heterocycles. The highest BCUT2D eigenvalue weighted by molar-refractivity contribution is 7.92. The monoisotopic (exact) mass is 498 g/mol. The number of halogens is 1. The summed E-state index contributed by atoms with van der Waals surface area (Å²) >= 11 is 0. The molecule has 8 heteroatoms. The zero-order chi connectivity index (χ0) is 25.6. The van der Waals surface area contributed by atoms with E-state index in [2.05, 4.69) is 5.32 Å². The zero-order valence-corrected chi connectivity index (χ0v) is 21.2. The molecule has 0 aromatic heterocycles. The van der Waals surface area contributed by atoms with Crippen LogP contribution in [-0.4, -0.2) is 28.0 Å². The van der Waals surface area contributed by atoms with Gasteiger partial charge in [-0.1, -0.05) is 55.8 Å². The number of rotatable bonds is 10. The minimum atomic E-state index is -4.20. The number of aryl methyl sites for hydroxylation is 1. The first kappa shape index (κ1) is 26.2. The van der Waals surface area contributed by atoms with Crippen LogP contribution < -0.4 is 14.4 Å². The van der Waals surface area contributed by atoms with Gasteiger partial charge in [-0.3, -0.25) is 9.10 Å². The first-order valence-corrected chi connectivity index (χ1v) is 12.8. The summed E-state index contributed by atoms with van der Waals surface area (Å²) in [5.41, 5.74) is 1.56. The maximum Gasteiger partial charge on any atom is 0.264 e. The highest BCUT2D eigenvalue weighted by atomic mass is 32.2. The van der Waals surface area contributed by atoms with Crippen LogP contribution in [0.2, 0.25) is 0 Å². The summed E-state index contributed by atoms with van der Waals surface area (Å²) in [6.07, 6.45) is 0.641. The summed E-state index contributed by atoms with van der Waals surface area (Å²) in [7, 11) is -2.63. The van der Waals surface area contributed by atoms with E-state index < -0.39 is 28.3 Å². The van der Waals surface area contributed by atoms with Crippen molar-refractivity contribution in [2.45, 2.75) is 38.1 Å². The number of benzene rings is 3. The molecular formula is C27H31FN2O4S. The maximum absolute atomic E-state index is 14.7. The number of hydrogen-bond acceptors (Lipinski definition) is 4. The second-order valence-corrected chi connectivity index (χ2v) is 10.7. The number of carbonyl (C=O) groups excluding carboxylic acids is 1. The minimum absolute atomic E-state index is 0.0203. The lowest BCUT2D eigenvalue weighted by atomic mass is 9.97. The van der Waals surface area contributed by atoms with Gasteiger partial charge in [0.25, 0.3) is 10.0 Å². The van der Waals surface area contributed by atoms with Crippen LogP contribution in [0, 0.1) is 18.7 Å². The molecule has 3 aromatic carbocycles. The van der Waals surface area contributed by atoms with E-state index in [1.54, 1.807) is 19.2 Å². The van der Waals surface area contributed by atoms with Gasteiger partial charge in [-0.25, -0.2) is 12.8 Å². The van der Waals surface area contributed by atoms with Gasteiger partial charge in [0.1, 0.15) is 18.1 Å². The average molecular weight is 499 g/mol. The van der Waals surface area contributed by atoms with Crippen molar-refractivity contribution in [3.63, 3.8) is 0 Å². The Kier molecular flexibility index (Phi) is 8.51. The van der Waals surface area contributed by atoms with Crippen LogP contribution in [0.4, 0.5) is 10.1 Å². The van der Waals surface area contributed by atoms with E-state index in [0.717, 1.165) is 15.4 Å². The molecule has 0 saturated carbocycles. The molecule has 6 nitrogen and oxygen atoms in total. The predicted octanol–water partition coefficient (Wildman–Crippen LogP) is 5.24. The SMILES string of the molecule is COc1ccc(C(CC(C)C)NC(=O)CN(c2ccccc2F)S(=O)(=O)c2ccc(C)cc2)cc1. The van der Waals surface area contributed by atoms with E-state index in [9.17, 15) is 17.6 Å². The van der Waals surface area contributed by atoms with Crippen molar-refractivity contribution in [1.29, 1.82) is 0 Å². The average Bonchev–Trinajstić information content (AvgIpc) is 2.82. The Morgan fingerprint density at radius 1 is 1.00 bits per heavy atom. The molecule has 1 amide bonds. The van der Waals surface area contributed by atoms with Crippen molar-refractivity contribution in [2.75, 3.05) is 18.0 Å². The molecule has 0 aliphatic rings. The first-order chi connectivity index (χ1) is 16.6. The van der Waals surface area contributed by atoms with Crippen LogP contribution in [0.25, 0.3) is 0 Å². The Labute approximate surface area is 206 Å². The second kappa shape index (κ2) is 11.4. The highest BCUT2D eigenvalue weighted by Gasteiger charge is 2.30. The lowest BCUT2D eigenvalue weighted by Gasteiger charge is -2.27. The summed E-state index contributed by atoms with van der Waals surface area (Å²) in [4.78, 5) is 13.2. The molecule has 0 heterocycles. The van der Waals surface area contributed by atoms with Gasteiger partial charge in [-0.2, -0.15) is 0 Å². The summed E-state index contributed by atoms with van der Waals surface area (Å²) in [6, 6.07) is 18.8. The van der Waals surface area contributed by atoms with E-state index in [4.69, 9.17) is 4.74 Å². The summed E-state index contributed by atoms with van der Waals surface area (Å²) in [6.45, 7) is 5.35. The lowest BCUT2D eigenvalue weighted by molar-refractivity contribution is -0.120. The number of para-hydroxylation sites is 1. The van der Waals surface area contributed by atoms with Crippen molar-refractivity contribution in [3.05, 3.63) is 89.7 Å². The number of amides is 1. The third-order valence-corrected chi connectivity index (χ3v) is 7.35. The second-order valence-electron chi connectivity index (χ2n) is 8.80. The van der Waals surface area contributed by atoms with E-state index >= 15 is 0 Å². The van der Waals surface area contributed by atoms with Gasteiger partial charge in [-0.05, 0) is 61.2 Å². The minimum Gasteiger partial charge on any atom is -0.497 e. The number of hydrogen-bond donors (Lipinski definition) is 1. The normalized spacial score (nSPS) is 12.3. The maximum atomic E-state index is 14.7. The predicted molar refractivity (Wildman–Crippen MR) is 135 cm³/mol. The molecule has 1 atom stereocenters. The number of nitrogens with zero attached hydrogens (tertiary/aromatic N) is 1.